The predicted octanol–water partition coefficient (Wildman–Crippen LogP) is 3.36. The van der Waals surface area contributed by atoms with E-state index in [1.54, 1.807) is 31.3 Å². The number of carbonyl (C=O) groups is 1. The molecule has 3 aromatic rings. The van der Waals surface area contributed by atoms with Crippen LogP contribution in [0.1, 0.15) is 17.3 Å². The van der Waals surface area contributed by atoms with Crippen LogP contribution in [0.4, 0.5) is 10.1 Å². The number of methoxy groups -OCH3 is 2. The van der Waals surface area contributed by atoms with Crippen molar-refractivity contribution >= 4 is 22.4 Å². The molecule has 0 aliphatic rings. The molecule has 0 saturated carbocycles. The van der Waals surface area contributed by atoms with Crippen LogP contribution in [0.2, 0.25) is 0 Å². The molecule has 0 atom stereocenters. The summed E-state index contributed by atoms with van der Waals surface area (Å²) in [6.45, 7) is 2.21. The number of amides is 1. The molecule has 0 aliphatic heterocycles. The first kappa shape index (κ1) is 19.4. The van der Waals surface area contributed by atoms with Crippen molar-refractivity contribution in [3.63, 3.8) is 0 Å². The average molecular weight is 384 g/mol. The molecule has 0 bridgehead atoms. The van der Waals surface area contributed by atoms with Crippen LogP contribution in [0.3, 0.4) is 0 Å². The molecule has 7 heteroatoms. The fourth-order valence-electron chi connectivity index (χ4n) is 3.17. The second-order valence-electron chi connectivity index (χ2n) is 6.24. The molecule has 0 fully saturated rings. The van der Waals surface area contributed by atoms with E-state index in [0.29, 0.717) is 40.1 Å². The molecule has 1 amide bonds. The molecule has 6 nitrogen and oxygen atoms in total. The highest BCUT2D eigenvalue weighted by atomic mass is 19.1. The van der Waals surface area contributed by atoms with Crippen LogP contribution in [-0.2, 0) is 7.05 Å². The lowest BCUT2D eigenvalue weighted by Crippen LogP contribution is -2.32. The Bertz CT molecular complexity index is 1090. The van der Waals surface area contributed by atoms with E-state index in [-0.39, 0.29) is 17.3 Å². The predicted molar refractivity (Wildman–Crippen MR) is 106 cm³/mol. The van der Waals surface area contributed by atoms with E-state index in [1.807, 2.05) is 6.92 Å². The maximum absolute atomic E-state index is 13.3. The van der Waals surface area contributed by atoms with Gasteiger partial charge in [-0.2, -0.15) is 0 Å². The van der Waals surface area contributed by atoms with E-state index in [1.165, 1.54) is 42.0 Å². The van der Waals surface area contributed by atoms with E-state index in [0.717, 1.165) is 0 Å². The van der Waals surface area contributed by atoms with Crippen LogP contribution >= 0.6 is 0 Å². The van der Waals surface area contributed by atoms with Gasteiger partial charge < -0.3 is 18.9 Å². The number of nitrogens with zero attached hydrogens (tertiary/aromatic N) is 2. The number of fused-ring (bicyclic) bond motifs is 1. The molecule has 28 heavy (non-hydrogen) atoms. The number of aryl methyl sites for hydroxylation is 1. The SMILES string of the molecule is CCN(C(=O)c1cn(C)c(=O)c2cc(OC)c(OC)cc12)c1ccc(F)cc1. The van der Waals surface area contributed by atoms with Crippen LogP contribution in [0.15, 0.2) is 47.4 Å². The van der Waals surface area contributed by atoms with Gasteiger partial charge in [-0.1, -0.05) is 0 Å². The number of halogens is 1. The van der Waals surface area contributed by atoms with Crippen molar-refractivity contribution in [1.29, 1.82) is 0 Å². The summed E-state index contributed by atoms with van der Waals surface area (Å²) >= 11 is 0. The lowest BCUT2D eigenvalue weighted by atomic mass is 10.0. The van der Waals surface area contributed by atoms with Gasteiger partial charge in [-0.15, -0.1) is 0 Å². The summed E-state index contributed by atoms with van der Waals surface area (Å²) in [4.78, 5) is 27.5. The Morgan fingerprint density at radius 1 is 1.07 bits per heavy atom. The molecule has 0 spiro atoms. The summed E-state index contributed by atoms with van der Waals surface area (Å²) in [5.41, 5.74) is 0.651. The molecule has 146 valence electrons. The number of ether oxygens (including phenoxy) is 2. The van der Waals surface area contributed by atoms with Crippen molar-refractivity contribution in [2.75, 3.05) is 25.7 Å². The second kappa shape index (κ2) is 7.72. The number of pyridine rings is 1. The maximum Gasteiger partial charge on any atom is 0.260 e. The molecule has 0 N–H and O–H groups in total. The molecular formula is C21H21FN2O4. The number of hydrogen-bond donors (Lipinski definition) is 0. The number of anilines is 1. The number of rotatable bonds is 5. The Morgan fingerprint density at radius 3 is 2.18 bits per heavy atom. The van der Waals surface area contributed by atoms with Crippen molar-refractivity contribution in [3.8, 4) is 11.5 Å². The topological polar surface area (TPSA) is 60.8 Å². The van der Waals surface area contributed by atoms with Gasteiger partial charge in [0.05, 0.1) is 25.2 Å². The van der Waals surface area contributed by atoms with E-state index < -0.39 is 0 Å². The number of hydrogen-bond acceptors (Lipinski definition) is 4. The van der Waals surface area contributed by atoms with Gasteiger partial charge in [-0.3, -0.25) is 9.59 Å². The fourth-order valence-corrected chi connectivity index (χ4v) is 3.17. The molecule has 0 saturated heterocycles. The van der Waals surface area contributed by atoms with Gasteiger partial charge in [-0.25, -0.2) is 4.39 Å². The first-order chi connectivity index (χ1) is 13.4. The van der Waals surface area contributed by atoms with Gasteiger partial charge in [-0.05, 0) is 43.3 Å². The Hall–Kier alpha value is -3.35. The molecular weight excluding hydrogens is 363 g/mol. The standard InChI is InChI=1S/C21H21FN2O4/c1-5-24(14-8-6-13(22)7-9-14)21(26)17-12-23(2)20(25)16-11-19(28-4)18(27-3)10-15(16)17/h6-12H,5H2,1-4H3. The highest BCUT2D eigenvalue weighted by Crippen LogP contribution is 2.33. The summed E-state index contributed by atoms with van der Waals surface area (Å²) < 4.78 is 25.3. The number of aromatic nitrogens is 1. The first-order valence-electron chi connectivity index (χ1n) is 8.74. The highest BCUT2D eigenvalue weighted by Gasteiger charge is 2.22. The maximum atomic E-state index is 13.3. The lowest BCUT2D eigenvalue weighted by molar-refractivity contribution is 0.0989. The van der Waals surface area contributed by atoms with E-state index in [4.69, 9.17) is 9.47 Å². The molecule has 1 heterocycles. The van der Waals surface area contributed by atoms with Crippen LogP contribution in [0.25, 0.3) is 10.8 Å². The third-order valence-corrected chi connectivity index (χ3v) is 4.62. The quantitative estimate of drug-likeness (QED) is 0.677. The zero-order chi connectivity index (χ0) is 20.4. The van der Waals surface area contributed by atoms with Gasteiger partial charge in [0.1, 0.15) is 5.82 Å². The molecule has 0 aliphatic carbocycles. The minimum absolute atomic E-state index is 0.252. The largest absolute Gasteiger partial charge is 0.493 e. The zero-order valence-corrected chi connectivity index (χ0v) is 16.2. The summed E-state index contributed by atoms with van der Waals surface area (Å²) in [6, 6.07) is 8.90. The Balaban J connectivity index is 2.23. The minimum Gasteiger partial charge on any atom is -0.493 e. The van der Waals surface area contributed by atoms with Gasteiger partial charge in [0, 0.05) is 30.9 Å². The number of carbonyl (C=O) groups excluding carboxylic acids is 1. The zero-order valence-electron chi connectivity index (χ0n) is 16.2. The van der Waals surface area contributed by atoms with Crippen molar-refractivity contribution in [3.05, 3.63) is 64.3 Å². The van der Waals surface area contributed by atoms with E-state index in [9.17, 15) is 14.0 Å². The average Bonchev–Trinajstić information content (AvgIpc) is 2.71. The monoisotopic (exact) mass is 384 g/mol. The van der Waals surface area contributed by atoms with Gasteiger partial charge in [0.15, 0.2) is 11.5 Å². The van der Waals surface area contributed by atoms with Crippen molar-refractivity contribution in [2.24, 2.45) is 7.05 Å². The van der Waals surface area contributed by atoms with E-state index in [2.05, 4.69) is 0 Å². The second-order valence-corrected chi connectivity index (χ2v) is 6.24. The van der Waals surface area contributed by atoms with Gasteiger partial charge in [0.25, 0.3) is 11.5 Å². The third kappa shape index (κ3) is 3.31. The Morgan fingerprint density at radius 2 is 1.64 bits per heavy atom. The molecule has 3 rings (SSSR count). The molecule has 0 radical (unpaired) electrons. The van der Waals surface area contributed by atoms with Crippen LogP contribution < -0.4 is 19.9 Å². The van der Waals surface area contributed by atoms with Crippen molar-refractivity contribution < 1.29 is 18.7 Å². The molecule has 2 aromatic carbocycles. The lowest BCUT2D eigenvalue weighted by Gasteiger charge is -2.22. The Labute approximate surface area is 161 Å². The first-order valence-corrected chi connectivity index (χ1v) is 8.74. The smallest absolute Gasteiger partial charge is 0.260 e. The van der Waals surface area contributed by atoms with Crippen LogP contribution in [-0.4, -0.2) is 31.2 Å². The summed E-state index contributed by atoms with van der Waals surface area (Å²) in [5.74, 6) is 0.142. The van der Waals surface area contributed by atoms with E-state index >= 15 is 0 Å². The normalized spacial score (nSPS) is 10.8. The summed E-state index contributed by atoms with van der Waals surface area (Å²) in [5, 5.41) is 0.812. The van der Waals surface area contributed by atoms with Crippen molar-refractivity contribution in [2.45, 2.75) is 6.92 Å². The highest BCUT2D eigenvalue weighted by molar-refractivity contribution is 6.14. The summed E-state index contributed by atoms with van der Waals surface area (Å²) in [6.07, 6.45) is 1.51. The fraction of sp³-hybridized carbons (Fsp3) is 0.238. The Kier molecular flexibility index (Phi) is 5.35. The summed E-state index contributed by atoms with van der Waals surface area (Å²) in [7, 11) is 4.56. The molecule has 0 unspecified atom stereocenters. The minimum atomic E-state index is -0.378. The van der Waals surface area contributed by atoms with Gasteiger partial charge >= 0.3 is 0 Å². The number of benzene rings is 2. The van der Waals surface area contributed by atoms with Gasteiger partial charge in [0.2, 0.25) is 0 Å². The van der Waals surface area contributed by atoms with Crippen LogP contribution in [0, 0.1) is 5.82 Å². The van der Waals surface area contributed by atoms with Crippen molar-refractivity contribution in [1.82, 2.24) is 4.57 Å². The molecule has 1 aromatic heterocycles. The van der Waals surface area contributed by atoms with Crippen LogP contribution in [0.5, 0.6) is 11.5 Å². The third-order valence-electron chi connectivity index (χ3n) is 4.62.